The largest absolute Gasteiger partial charge is 0.453 e. The van der Waals surface area contributed by atoms with Crippen molar-refractivity contribution in [3.05, 3.63) is 273 Å². The third kappa shape index (κ3) is 7.97. The van der Waals surface area contributed by atoms with Crippen molar-refractivity contribution in [2.24, 2.45) is 0 Å². The molecule has 0 saturated heterocycles. The van der Waals surface area contributed by atoms with E-state index in [0.29, 0.717) is 17.5 Å². The summed E-state index contributed by atoms with van der Waals surface area (Å²) in [4.78, 5) is 17.3. The van der Waals surface area contributed by atoms with E-state index >= 15 is 0 Å². The van der Waals surface area contributed by atoms with Crippen LogP contribution in [0.5, 0.6) is 11.5 Å². The van der Waals surface area contributed by atoms with Gasteiger partial charge in [0.25, 0.3) is 0 Å². The van der Waals surface area contributed by atoms with E-state index in [2.05, 4.69) is 227 Å². The van der Waals surface area contributed by atoms with Gasteiger partial charge in [-0.25, -0.2) is 15.0 Å². The zero-order chi connectivity index (χ0) is 51.4. The lowest BCUT2D eigenvalue weighted by atomic mass is 9.99. The average Bonchev–Trinajstić information content (AvgIpc) is 4.12. The minimum absolute atomic E-state index is 0.589. The molecule has 0 radical (unpaired) electrons. The number of allylic oxidation sites excluding steroid dienone is 5. The number of ether oxygens (including phenoxy) is 1. The molecule has 0 saturated carbocycles. The standard InChI is InChI=1S/C70H48N6O/c1-3-4-8-19-46(2)68-71-69(47-20-9-5-10-21-47)73-70(72-68)48-30-36-55(37-31-48)76-64-40-34-51(49-32-38-62-58(42-49)56-26-15-17-28-60(56)74(62)53-22-11-6-12-23-53)44-66(64)77-67-45-52(35-41-65(67)76)50-33-39-63-59(43-50)57-27-16-18-29-61(57)75(63)54-24-13-7-14-25-54/h3-45H,1H2,2H3/b8-4-,46-19+. The summed E-state index contributed by atoms with van der Waals surface area (Å²) in [5.41, 5.74) is 16.8. The second-order valence-electron chi connectivity index (χ2n) is 19.3. The van der Waals surface area contributed by atoms with E-state index in [9.17, 15) is 0 Å². The van der Waals surface area contributed by atoms with Crippen LogP contribution < -0.4 is 9.64 Å². The lowest BCUT2D eigenvalue weighted by Gasteiger charge is -2.33. The van der Waals surface area contributed by atoms with Gasteiger partial charge in [-0.3, -0.25) is 0 Å². The van der Waals surface area contributed by atoms with Crippen molar-refractivity contribution in [2.75, 3.05) is 4.90 Å². The molecule has 0 aliphatic carbocycles. The van der Waals surface area contributed by atoms with E-state index in [4.69, 9.17) is 19.7 Å². The van der Waals surface area contributed by atoms with E-state index in [-0.39, 0.29) is 0 Å². The summed E-state index contributed by atoms with van der Waals surface area (Å²) >= 11 is 0. The second kappa shape index (κ2) is 18.8. The topological polar surface area (TPSA) is 61.0 Å². The van der Waals surface area contributed by atoms with Gasteiger partial charge in [0.05, 0.1) is 33.4 Å². The van der Waals surface area contributed by atoms with Gasteiger partial charge in [-0.2, -0.15) is 0 Å². The van der Waals surface area contributed by atoms with Crippen LogP contribution in [0, 0.1) is 0 Å². The van der Waals surface area contributed by atoms with Crippen LogP contribution in [-0.4, -0.2) is 24.1 Å². The summed E-state index contributed by atoms with van der Waals surface area (Å²) in [6, 6.07) is 83.8. The first kappa shape index (κ1) is 45.3. The van der Waals surface area contributed by atoms with Gasteiger partial charge in [-0.05, 0) is 144 Å². The number of nitrogens with zero attached hydrogens (tertiary/aromatic N) is 6. The minimum atomic E-state index is 0.589. The van der Waals surface area contributed by atoms with Crippen molar-refractivity contribution in [3.8, 4) is 67.9 Å². The molecule has 7 heteroatoms. The first-order valence-corrected chi connectivity index (χ1v) is 25.9. The number of hydrogen-bond acceptors (Lipinski definition) is 5. The number of hydrogen-bond donors (Lipinski definition) is 0. The van der Waals surface area contributed by atoms with Crippen molar-refractivity contribution in [1.82, 2.24) is 24.1 Å². The highest BCUT2D eigenvalue weighted by Crippen LogP contribution is 2.53. The van der Waals surface area contributed by atoms with Crippen molar-refractivity contribution in [1.29, 1.82) is 0 Å². The number of fused-ring (bicyclic) bond motifs is 8. The van der Waals surface area contributed by atoms with E-state index in [1.807, 2.05) is 55.5 Å². The predicted molar refractivity (Wildman–Crippen MR) is 318 cm³/mol. The molecule has 0 spiro atoms. The van der Waals surface area contributed by atoms with Crippen LogP contribution in [0.15, 0.2) is 267 Å². The van der Waals surface area contributed by atoms with Gasteiger partial charge < -0.3 is 18.8 Å². The maximum absolute atomic E-state index is 7.12. The fourth-order valence-corrected chi connectivity index (χ4v) is 11.0. The van der Waals surface area contributed by atoms with Crippen molar-refractivity contribution >= 4 is 66.2 Å². The highest BCUT2D eigenvalue weighted by atomic mass is 16.5. The highest BCUT2D eigenvalue weighted by Gasteiger charge is 2.28. The number of aromatic nitrogens is 5. The molecular weight excluding hydrogens is 941 g/mol. The zero-order valence-electron chi connectivity index (χ0n) is 42.1. The molecule has 0 N–H and O–H groups in total. The fraction of sp³-hybridized carbons (Fsp3) is 0.0143. The number of rotatable bonds is 10. The quantitative estimate of drug-likeness (QED) is 0.128. The van der Waals surface area contributed by atoms with E-state index in [0.717, 1.165) is 89.9 Å². The Morgan fingerprint density at radius 1 is 0.390 bits per heavy atom. The SMILES string of the molecule is C=C/C=C\C=C(/C)c1nc(-c2ccccc2)nc(-c2ccc(N3c4ccc(-c5ccc6c(c5)c5ccccc5n6-c5ccccc5)cc4Oc4cc(-c5ccc6c(c5)c5ccccc5n6-c5ccccc5)ccc43)cc2)n1. The number of para-hydroxylation sites is 4. The zero-order valence-corrected chi connectivity index (χ0v) is 42.1. The van der Waals surface area contributed by atoms with Crippen LogP contribution >= 0.6 is 0 Å². The van der Waals surface area contributed by atoms with Gasteiger partial charge in [0, 0.05) is 49.7 Å². The molecule has 7 nitrogen and oxygen atoms in total. The van der Waals surface area contributed by atoms with E-state index in [1.54, 1.807) is 6.08 Å². The molecule has 4 heterocycles. The molecule has 0 atom stereocenters. The molecule has 0 unspecified atom stereocenters. The number of benzene rings is 10. The van der Waals surface area contributed by atoms with Gasteiger partial charge in [0.2, 0.25) is 0 Å². The summed E-state index contributed by atoms with van der Waals surface area (Å²) in [6.45, 7) is 5.83. The molecule has 13 aromatic rings. The summed E-state index contributed by atoms with van der Waals surface area (Å²) in [5, 5.41) is 4.80. The monoisotopic (exact) mass is 988 g/mol. The first-order valence-electron chi connectivity index (χ1n) is 25.9. The van der Waals surface area contributed by atoms with Crippen molar-refractivity contribution < 1.29 is 4.74 Å². The normalized spacial score (nSPS) is 12.4. The third-order valence-corrected chi connectivity index (χ3v) is 14.7. The van der Waals surface area contributed by atoms with Crippen LogP contribution in [0.2, 0.25) is 0 Å². The average molecular weight is 989 g/mol. The summed E-state index contributed by atoms with van der Waals surface area (Å²) < 4.78 is 11.8. The fourth-order valence-electron chi connectivity index (χ4n) is 11.0. The Bertz CT molecular complexity index is 4290. The Labute approximate surface area is 445 Å². The molecule has 1 aliphatic rings. The molecule has 0 bridgehead atoms. The Hall–Kier alpha value is -10.4. The molecule has 10 aromatic carbocycles. The molecule has 14 rings (SSSR count). The smallest absolute Gasteiger partial charge is 0.164 e. The van der Waals surface area contributed by atoms with Crippen molar-refractivity contribution in [2.45, 2.75) is 6.92 Å². The lowest BCUT2D eigenvalue weighted by Crippen LogP contribution is -2.16. The van der Waals surface area contributed by atoms with Crippen LogP contribution in [0.3, 0.4) is 0 Å². The summed E-state index contributed by atoms with van der Waals surface area (Å²) in [5.74, 6) is 3.32. The molecule has 364 valence electrons. The molecular formula is C70H48N6O. The molecule has 0 amide bonds. The summed E-state index contributed by atoms with van der Waals surface area (Å²) in [7, 11) is 0. The van der Waals surface area contributed by atoms with Crippen LogP contribution in [-0.2, 0) is 0 Å². The van der Waals surface area contributed by atoms with E-state index in [1.165, 1.54) is 32.6 Å². The highest BCUT2D eigenvalue weighted by molar-refractivity contribution is 6.12. The lowest BCUT2D eigenvalue weighted by molar-refractivity contribution is 0.477. The third-order valence-electron chi connectivity index (χ3n) is 14.7. The molecule has 77 heavy (non-hydrogen) atoms. The summed E-state index contributed by atoms with van der Waals surface area (Å²) in [6.07, 6.45) is 7.59. The number of anilines is 3. The molecule has 1 aliphatic heterocycles. The van der Waals surface area contributed by atoms with Gasteiger partial charge in [-0.15, -0.1) is 0 Å². The van der Waals surface area contributed by atoms with Crippen LogP contribution in [0.25, 0.3) is 106 Å². The minimum Gasteiger partial charge on any atom is -0.453 e. The first-order chi connectivity index (χ1) is 38.0. The Morgan fingerprint density at radius 3 is 1.34 bits per heavy atom. The van der Waals surface area contributed by atoms with Crippen LogP contribution in [0.1, 0.15) is 12.7 Å². The van der Waals surface area contributed by atoms with Gasteiger partial charge in [-0.1, -0.05) is 158 Å². The van der Waals surface area contributed by atoms with Gasteiger partial charge >= 0.3 is 0 Å². The van der Waals surface area contributed by atoms with Crippen LogP contribution in [0.4, 0.5) is 17.1 Å². The van der Waals surface area contributed by atoms with Crippen molar-refractivity contribution in [3.63, 3.8) is 0 Å². The van der Waals surface area contributed by atoms with Gasteiger partial charge in [0.15, 0.2) is 29.0 Å². The predicted octanol–water partition coefficient (Wildman–Crippen LogP) is 18.5. The van der Waals surface area contributed by atoms with Gasteiger partial charge in [0.1, 0.15) is 0 Å². The second-order valence-corrected chi connectivity index (χ2v) is 19.3. The Balaban J connectivity index is 0.891. The Morgan fingerprint density at radius 2 is 0.818 bits per heavy atom. The maximum Gasteiger partial charge on any atom is 0.164 e. The molecule has 3 aromatic heterocycles. The molecule has 0 fully saturated rings. The van der Waals surface area contributed by atoms with E-state index < -0.39 is 0 Å². The Kier molecular flexibility index (Phi) is 11.1. The maximum atomic E-state index is 7.12.